The van der Waals surface area contributed by atoms with Gasteiger partial charge in [0.25, 0.3) is 0 Å². The summed E-state index contributed by atoms with van der Waals surface area (Å²) < 4.78 is 9.96. The van der Waals surface area contributed by atoms with Crippen molar-refractivity contribution in [1.82, 2.24) is 4.90 Å². The van der Waals surface area contributed by atoms with Gasteiger partial charge in [-0.1, -0.05) is 6.42 Å². The Bertz CT molecular complexity index is 279. The van der Waals surface area contributed by atoms with Crippen LogP contribution in [0, 0.1) is 0 Å². The fourth-order valence-electron chi connectivity index (χ4n) is 2.23. The summed E-state index contributed by atoms with van der Waals surface area (Å²) in [6.45, 7) is 2.00. The highest BCUT2D eigenvalue weighted by molar-refractivity contribution is 5.89. The molecule has 1 aliphatic heterocycles. The minimum atomic E-state index is -0.572. The molecule has 2 rings (SSSR count). The summed E-state index contributed by atoms with van der Waals surface area (Å²) in [4.78, 5) is 24.1. The predicted molar refractivity (Wildman–Crippen MR) is 51.4 cm³/mol. The molecule has 0 aromatic heterocycles. The Balaban J connectivity index is 2.09. The maximum atomic E-state index is 11.5. The molecule has 84 valence electrons. The highest BCUT2D eigenvalue weighted by atomic mass is 16.6. The topological polar surface area (TPSA) is 55.8 Å². The van der Waals surface area contributed by atoms with Gasteiger partial charge in [0.05, 0.1) is 12.6 Å². The highest BCUT2D eigenvalue weighted by Gasteiger charge is 2.46. The summed E-state index contributed by atoms with van der Waals surface area (Å²) in [5.74, 6) is 0. The van der Waals surface area contributed by atoms with Crippen LogP contribution in [-0.4, -0.2) is 35.8 Å². The van der Waals surface area contributed by atoms with Crippen molar-refractivity contribution in [1.29, 1.82) is 0 Å². The number of fused-ring (bicyclic) bond motifs is 1. The predicted octanol–water partition coefficient (Wildman–Crippen LogP) is 1.91. The normalized spacial score (nSPS) is 29.7. The first kappa shape index (κ1) is 10.3. The zero-order chi connectivity index (χ0) is 10.8. The molecule has 0 unspecified atom stereocenters. The van der Waals surface area contributed by atoms with E-state index >= 15 is 0 Å². The summed E-state index contributed by atoms with van der Waals surface area (Å²) in [5, 5.41) is 0. The van der Waals surface area contributed by atoms with Crippen LogP contribution < -0.4 is 0 Å². The number of nitrogens with zero attached hydrogens (tertiary/aromatic N) is 1. The lowest BCUT2D eigenvalue weighted by Crippen LogP contribution is -2.42. The molecular weight excluding hydrogens is 198 g/mol. The Hall–Kier alpha value is -1.26. The molecule has 2 fully saturated rings. The van der Waals surface area contributed by atoms with Crippen LogP contribution in [0.2, 0.25) is 0 Å². The summed E-state index contributed by atoms with van der Waals surface area (Å²) in [7, 11) is 0. The van der Waals surface area contributed by atoms with Gasteiger partial charge in [-0.25, -0.2) is 14.5 Å². The average molecular weight is 213 g/mol. The average Bonchev–Trinajstić information content (AvgIpc) is 2.54. The van der Waals surface area contributed by atoms with Gasteiger partial charge in [-0.2, -0.15) is 0 Å². The van der Waals surface area contributed by atoms with Crippen molar-refractivity contribution in [2.75, 3.05) is 6.61 Å². The zero-order valence-electron chi connectivity index (χ0n) is 8.77. The minimum absolute atomic E-state index is 0.106. The van der Waals surface area contributed by atoms with Crippen molar-refractivity contribution in [2.45, 2.75) is 44.8 Å². The van der Waals surface area contributed by atoms with Gasteiger partial charge in [-0.15, -0.1) is 0 Å². The molecule has 2 amide bonds. The molecule has 0 radical (unpaired) electrons. The van der Waals surface area contributed by atoms with E-state index in [1.807, 2.05) is 0 Å². The monoisotopic (exact) mass is 213 g/mol. The van der Waals surface area contributed by atoms with Crippen molar-refractivity contribution in [3.63, 3.8) is 0 Å². The number of carbonyl (C=O) groups is 2. The molecule has 1 saturated carbocycles. The van der Waals surface area contributed by atoms with Gasteiger partial charge in [0, 0.05) is 0 Å². The van der Waals surface area contributed by atoms with E-state index in [9.17, 15) is 9.59 Å². The largest absolute Gasteiger partial charge is 0.449 e. The van der Waals surface area contributed by atoms with Gasteiger partial charge in [0.15, 0.2) is 0 Å². The SMILES string of the molecule is CCOC(=O)N1C(=O)O[C@@H]2CCCC[C@@H]21. The standard InChI is InChI=1S/C10H15NO4/c1-2-14-9(12)11-7-5-3-4-6-8(7)15-10(11)13/h7-8H,2-6H2,1H3/t7-,8+/m0/s1. The second-order valence-corrected chi connectivity index (χ2v) is 3.84. The van der Waals surface area contributed by atoms with Gasteiger partial charge in [-0.3, -0.25) is 0 Å². The molecule has 15 heavy (non-hydrogen) atoms. The van der Waals surface area contributed by atoms with Crippen molar-refractivity contribution in [3.05, 3.63) is 0 Å². The van der Waals surface area contributed by atoms with Gasteiger partial charge >= 0.3 is 12.2 Å². The minimum Gasteiger partial charge on any atom is -0.449 e. The highest BCUT2D eigenvalue weighted by Crippen LogP contribution is 2.32. The molecule has 1 saturated heterocycles. The van der Waals surface area contributed by atoms with Crippen molar-refractivity contribution >= 4 is 12.2 Å². The third-order valence-electron chi connectivity index (χ3n) is 2.91. The van der Waals surface area contributed by atoms with Crippen LogP contribution in [0.25, 0.3) is 0 Å². The first-order chi connectivity index (χ1) is 7.24. The molecule has 0 bridgehead atoms. The Kier molecular flexibility index (Phi) is 2.79. The van der Waals surface area contributed by atoms with Crippen LogP contribution in [0.1, 0.15) is 32.6 Å². The maximum Gasteiger partial charge on any atom is 0.420 e. The number of carbonyl (C=O) groups excluding carboxylic acids is 2. The van der Waals surface area contributed by atoms with E-state index in [2.05, 4.69) is 0 Å². The van der Waals surface area contributed by atoms with E-state index in [1.54, 1.807) is 6.92 Å². The fraction of sp³-hybridized carbons (Fsp3) is 0.800. The van der Waals surface area contributed by atoms with Crippen molar-refractivity contribution in [2.24, 2.45) is 0 Å². The fourth-order valence-corrected chi connectivity index (χ4v) is 2.23. The summed E-state index contributed by atoms with van der Waals surface area (Å²) in [6, 6.07) is -0.106. The van der Waals surface area contributed by atoms with Gasteiger partial charge in [0.2, 0.25) is 0 Å². The number of hydrogen-bond acceptors (Lipinski definition) is 4. The molecule has 5 nitrogen and oxygen atoms in total. The quantitative estimate of drug-likeness (QED) is 0.667. The van der Waals surface area contributed by atoms with E-state index in [1.165, 1.54) is 0 Å². The number of hydrogen-bond donors (Lipinski definition) is 0. The van der Waals surface area contributed by atoms with Crippen LogP contribution in [0.3, 0.4) is 0 Å². The summed E-state index contributed by atoms with van der Waals surface area (Å²) in [5.41, 5.74) is 0. The Morgan fingerprint density at radius 3 is 3.00 bits per heavy atom. The van der Waals surface area contributed by atoms with E-state index in [0.29, 0.717) is 0 Å². The Labute approximate surface area is 88.3 Å². The van der Waals surface area contributed by atoms with Crippen LogP contribution in [0.4, 0.5) is 9.59 Å². The van der Waals surface area contributed by atoms with Gasteiger partial charge in [0.1, 0.15) is 6.10 Å². The third kappa shape index (κ3) is 1.78. The number of imide groups is 1. The molecule has 1 heterocycles. The summed E-state index contributed by atoms with van der Waals surface area (Å²) in [6.07, 6.45) is 2.54. The first-order valence-corrected chi connectivity index (χ1v) is 5.40. The molecule has 0 N–H and O–H groups in total. The van der Waals surface area contributed by atoms with Crippen molar-refractivity contribution in [3.8, 4) is 0 Å². The lowest BCUT2D eigenvalue weighted by atomic mass is 9.92. The number of amides is 2. The lowest BCUT2D eigenvalue weighted by molar-refractivity contribution is 0.104. The second-order valence-electron chi connectivity index (χ2n) is 3.84. The van der Waals surface area contributed by atoms with Gasteiger partial charge < -0.3 is 9.47 Å². The maximum absolute atomic E-state index is 11.5. The molecule has 0 aromatic rings. The van der Waals surface area contributed by atoms with E-state index < -0.39 is 12.2 Å². The molecule has 5 heteroatoms. The van der Waals surface area contributed by atoms with E-state index in [-0.39, 0.29) is 18.8 Å². The molecule has 0 spiro atoms. The third-order valence-corrected chi connectivity index (χ3v) is 2.91. The van der Waals surface area contributed by atoms with Crippen LogP contribution in [0.15, 0.2) is 0 Å². The number of rotatable bonds is 1. The zero-order valence-corrected chi connectivity index (χ0v) is 8.77. The van der Waals surface area contributed by atoms with Crippen LogP contribution in [0.5, 0.6) is 0 Å². The Morgan fingerprint density at radius 1 is 1.53 bits per heavy atom. The van der Waals surface area contributed by atoms with Crippen LogP contribution >= 0.6 is 0 Å². The smallest absolute Gasteiger partial charge is 0.420 e. The molecule has 2 aliphatic rings. The summed E-state index contributed by atoms with van der Waals surface area (Å²) >= 11 is 0. The van der Waals surface area contributed by atoms with E-state index in [4.69, 9.17) is 9.47 Å². The Morgan fingerprint density at radius 2 is 2.27 bits per heavy atom. The lowest BCUT2D eigenvalue weighted by Gasteiger charge is -2.25. The number of ether oxygens (including phenoxy) is 2. The first-order valence-electron chi connectivity index (χ1n) is 5.40. The van der Waals surface area contributed by atoms with Crippen molar-refractivity contribution < 1.29 is 19.1 Å². The molecule has 2 atom stereocenters. The molecule has 0 aromatic carbocycles. The van der Waals surface area contributed by atoms with Crippen LogP contribution in [-0.2, 0) is 9.47 Å². The second kappa shape index (κ2) is 4.08. The molecule has 1 aliphatic carbocycles. The van der Waals surface area contributed by atoms with E-state index in [0.717, 1.165) is 30.6 Å². The van der Waals surface area contributed by atoms with Gasteiger partial charge in [-0.05, 0) is 26.2 Å². The molecular formula is C10H15NO4.